The summed E-state index contributed by atoms with van der Waals surface area (Å²) < 4.78 is 29.2. The van der Waals surface area contributed by atoms with E-state index in [1.165, 1.54) is 0 Å². The molecule has 2 heterocycles. The highest BCUT2D eigenvalue weighted by atomic mass is 35.5. The Labute approximate surface area is 163 Å². The molecule has 8 heteroatoms. The number of furan rings is 1. The van der Waals surface area contributed by atoms with Gasteiger partial charge in [0.2, 0.25) is 5.91 Å². The van der Waals surface area contributed by atoms with Gasteiger partial charge in [0.15, 0.2) is 14.6 Å². The lowest BCUT2D eigenvalue weighted by atomic mass is 9.95. The first-order valence-electron chi connectivity index (χ1n) is 8.54. The Bertz CT molecular complexity index is 1100. The Morgan fingerprint density at radius 2 is 1.74 bits per heavy atom. The van der Waals surface area contributed by atoms with E-state index >= 15 is 0 Å². The summed E-state index contributed by atoms with van der Waals surface area (Å²) in [4.78, 5) is 12.9. The highest BCUT2D eigenvalue weighted by Crippen LogP contribution is 2.32. The molecule has 27 heavy (non-hydrogen) atoms. The van der Waals surface area contributed by atoms with Crippen molar-refractivity contribution < 1.29 is 17.6 Å². The number of benzene rings is 2. The Morgan fingerprint density at radius 3 is 2.44 bits per heavy atom. The molecule has 0 unspecified atom stereocenters. The van der Waals surface area contributed by atoms with Crippen molar-refractivity contribution in [3.05, 3.63) is 42.5 Å². The number of halogens is 1. The molecule has 6 nitrogen and oxygen atoms in total. The predicted molar refractivity (Wildman–Crippen MR) is 109 cm³/mol. The van der Waals surface area contributed by atoms with Crippen LogP contribution in [-0.2, 0) is 14.6 Å². The van der Waals surface area contributed by atoms with E-state index in [0.29, 0.717) is 24.4 Å². The fourth-order valence-corrected chi connectivity index (χ4v) is 4.98. The van der Waals surface area contributed by atoms with Crippen LogP contribution in [0, 0.1) is 0 Å². The van der Waals surface area contributed by atoms with Crippen LogP contribution in [0.3, 0.4) is 0 Å². The number of anilines is 1. The third-order valence-electron chi connectivity index (χ3n) is 5.17. The van der Waals surface area contributed by atoms with E-state index in [-0.39, 0.29) is 25.2 Å². The summed E-state index contributed by atoms with van der Waals surface area (Å²) in [6, 6.07) is 13.1. The monoisotopic (exact) mass is 408 g/mol. The lowest BCUT2D eigenvalue weighted by Gasteiger charge is -2.34. The molecule has 2 N–H and O–H groups in total. The number of amides is 1. The molecule has 0 saturated carbocycles. The molecule has 0 bridgehead atoms. The second-order valence-corrected chi connectivity index (χ2v) is 9.11. The molecule has 3 aromatic rings. The van der Waals surface area contributed by atoms with Gasteiger partial charge in [0.25, 0.3) is 0 Å². The molecule has 1 amide bonds. The van der Waals surface area contributed by atoms with Crippen LogP contribution in [0.5, 0.6) is 0 Å². The number of carbonyl (C=O) groups is 1. The maximum absolute atomic E-state index is 12.9. The van der Waals surface area contributed by atoms with Gasteiger partial charge in [-0.25, -0.2) is 8.42 Å². The molecule has 1 aliphatic rings. The second-order valence-electron chi connectivity index (χ2n) is 6.78. The van der Waals surface area contributed by atoms with Crippen LogP contribution in [-0.4, -0.2) is 38.4 Å². The standard InChI is InChI=1S/C19H20N2O4S.ClH/c1-26(23,24)19(8-10-20-11-9-19)18(22)21-13-6-7-15-14-4-2-3-5-16(14)25-17(15)12-13;/h2-7,12,20H,8-11H2,1H3,(H,21,22);1H. The van der Waals surface area contributed by atoms with E-state index in [0.717, 1.165) is 22.6 Å². The summed E-state index contributed by atoms with van der Waals surface area (Å²) in [7, 11) is -3.55. The van der Waals surface area contributed by atoms with Gasteiger partial charge in [-0.05, 0) is 44.1 Å². The Kier molecular flexibility index (Phi) is 5.20. The highest BCUT2D eigenvalue weighted by molar-refractivity contribution is 7.92. The fraction of sp³-hybridized carbons (Fsp3) is 0.316. The zero-order valence-corrected chi connectivity index (χ0v) is 16.5. The smallest absolute Gasteiger partial charge is 0.245 e. The van der Waals surface area contributed by atoms with Crippen LogP contribution in [0.2, 0.25) is 0 Å². The van der Waals surface area contributed by atoms with Crippen molar-refractivity contribution in [2.45, 2.75) is 17.6 Å². The summed E-state index contributed by atoms with van der Waals surface area (Å²) in [5, 5.41) is 7.86. The van der Waals surface area contributed by atoms with Gasteiger partial charge in [0, 0.05) is 28.8 Å². The zero-order chi connectivity index (χ0) is 18.4. The number of rotatable bonds is 3. The first-order valence-corrected chi connectivity index (χ1v) is 10.4. The Hall–Kier alpha value is -2.09. The largest absolute Gasteiger partial charge is 0.456 e. The van der Waals surface area contributed by atoms with Crippen molar-refractivity contribution in [3.8, 4) is 0 Å². The van der Waals surface area contributed by atoms with Gasteiger partial charge < -0.3 is 15.1 Å². The maximum Gasteiger partial charge on any atom is 0.245 e. The quantitative estimate of drug-likeness (QED) is 0.695. The van der Waals surface area contributed by atoms with Crippen LogP contribution in [0.25, 0.3) is 21.9 Å². The van der Waals surface area contributed by atoms with E-state index in [2.05, 4.69) is 10.6 Å². The molecule has 2 aromatic carbocycles. The van der Waals surface area contributed by atoms with E-state index in [1.807, 2.05) is 30.3 Å². The van der Waals surface area contributed by atoms with Gasteiger partial charge in [0.05, 0.1) is 0 Å². The van der Waals surface area contributed by atoms with Crippen molar-refractivity contribution in [2.24, 2.45) is 0 Å². The normalized spacial score (nSPS) is 16.8. The number of fused-ring (bicyclic) bond motifs is 3. The van der Waals surface area contributed by atoms with Crippen LogP contribution >= 0.6 is 12.4 Å². The van der Waals surface area contributed by atoms with Gasteiger partial charge in [-0.2, -0.15) is 0 Å². The molecular weight excluding hydrogens is 388 g/mol. The first-order chi connectivity index (χ1) is 12.4. The molecule has 1 aromatic heterocycles. The van der Waals surface area contributed by atoms with Crippen molar-refractivity contribution in [2.75, 3.05) is 24.7 Å². The third-order valence-corrected chi connectivity index (χ3v) is 7.18. The SMILES string of the molecule is CS(=O)(=O)C1(C(=O)Nc2ccc3c(c2)oc2ccccc23)CCNCC1.Cl. The molecule has 0 atom stereocenters. The number of carbonyl (C=O) groups excluding carboxylic acids is 1. The van der Waals surface area contributed by atoms with Crippen molar-refractivity contribution >= 4 is 55.8 Å². The number of para-hydroxylation sites is 1. The molecule has 1 saturated heterocycles. The van der Waals surface area contributed by atoms with Gasteiger partial charge in [-0.3, -0.25) is 4.79 Å². The summed E-state index contributed by atoms with van der Waals surface area (Å²) in [6.45, 7) is 1.01. The lowest BCUT2D eigenvalue weighted by Crippen LogP contribution is -2.55. The molecule has 0 radical (unpaired) electrons. The summed E-state index contributed by atoms with van der Waals surface area (Å²) >= 11 is 0. The maximum atomic E-state index is 12.9. The van der Waals surface area contributed by atoms with E-state index in [1.54, 1.807) is 12.1 Å². The number of hydrogen-bond acceptors (Lipinski definition) is 5. The molecule has 144 valence electrons. The molecule has 0 aliphatic carbocycles. The Morgan fingerprint density at radius 1 is 1.07 bits per heavy atom. The topological polar surface area (TPSA) is 88.4 Å². The van der Waals surface area contributed by atoms with E-state index in [4.69, 9.17) is 4.42 Å². The number of sulfone groups is 1. The van der Waals surface area contributed by atoms with Crippen LogP contribution in [0.4, 0.5) is 5.69 Å². The number of hydrogen-bond donors (Lipinski definition) is 2. The third kappa shape index (κ3) is 3.31. The average molecular weight is 409 g/mol. The number of nitrogens with one attached hydrogen (secondary N) is 2. The lowest BCUT2D eigenvalue weighted by molar-refractivity contribution is -0.119. The molecule has 1 aliphatic heterocycles. The Balaban J connectivity index is 0.00000210. The van der Waals surface area contributed by atoms with Gasteiger partial charge >= 0.3 is 0 Å². The summed E-state index contributed by atoms with van der Waals surface area (Å²) in [5.74, 6) is -0.475. The molecular formula is C19H21ClN2O4S. The van der Waals surface area contributed by atoms with Crippen LogP contribution in [0.1, 0.15) is 12.8 Å². The van der Waals surface area contributed by atoms with Gasteiger partial charge in [-0.1, -0.05) is 18.2 Å². The summed E-state index contributed by atoms with van der Waals surface area (Å²) in [6.07, 6.45) is 1.68. The minimum absolute atomic E-state index is 0. The van der Waals surface area contributed by atoms with Gasteiger partial charge in [-0.15, -0.1) is 12.4 Å². The molecule has 1 fully saturated rings. The van der Waals surface area contributed by atoms with Crippen LogP contribution in [0.15, 0.2) is 46.9 Å². The minimum atomic E-state index is -3.55. The summed E-state index contributed by atoms with van der Waals surface area (Å²) in [5.41, 5.74) is 1.96. The molecule has 0 spiro atoms. The van der Waals surface area contributed by atoms with Crippen LogP contribution < -0.4 is 10.6 Å². The predicted octanol–water partition coefficient (Wildman–Crippen LogP) is 3.11. The molecule has 4 rings (SSSR count). The first kappa shape index (κ1) is 19.7. The average Bonchev–Trinajstić information content (AvgIpc) is 2.99. The highest BCUT2D eigenvalue weighted by Gasteiger charge is 2.48. The van der Waals surface area contributed by atoms with E-state index < -0.39 is 20.5 Å². The number of piperidine rings is 1. The zero-order valence-electron chi connectivity index (χ0n) is 14.8. The minimum Gasteiger partial charge on any atom is -0.456 e. The fourth-order valence-electron chi connectivity index (χ4n) is 3.65. The van der Waals surface area contributed by atoms with Crippen molar-refractivity contribution in [1.29, 1.82) is 0 Å². The van der Waals surface area contributed by atoms with Crippen molar-refractivity contribution in [3.63, 3.8) is 0 Å². The van der Waals surface area contributed by atoms with Crippen molar-refractivity contribution in [1.82, 2.24) is 5.32 Å². The van der Waals surface area contributed by atoms with E-state index in [9.17, 15) is 13.2 Å². The van der Waals surface area contributed by atoms with Gasteiger partial charge in [0.1, 0.15) is 11.2 Å². The second kappa shape index (κ2) is 7.14.